The lowest BCUT2D eigenvalue weighted by atomic mass is 9.95. The van der Waals surface area contributed by atoms with E-state index in [0.29, 0.717) is 11.3 Å². The number of nitro benzene ring substituents is 1. The molecule has 0 aromatic heterocycles. The molecule has 15 heteroatoms. The highest BCUT2D eigenvalue weighted by Crippen LogP contribution is 2.35. The molecule has 3 amide bonds. The molecule has 1 atom stereocenters. The van der Waals surface area contributed by atoms with E-state index >= 15 is 0 Å². The summed E-state index contributed by atoms with van der Waals surface area (Å²) in [5, 5.41) is 39.1. The van der Waals surface area contributed by atoms with Crippen LogP contribution < -0.4 is 25.5 Å². The van der Waals surface area contributed by atoms with Gasteiger partial charge in [0.2, 0.25) is 0 Å². The van der Waals surface area contributed by atoms with Gasteiger partial charge in [-0.25, -0.2) is 15.0 Å². The molecule has 0 aliphatic carbocycles. The van der Waals surface area contributed by atoms with Crippen molar-refractivity contribution in [3.8, 4) is 23.0 Å². The third kappa shape index (κ3) is 6.71. The Kier molecular flexibility index (Phi) is 8.88. The monoisotopic (exact) mass is 543 g/mol. The number of hydrogen-bond acceptors (Lipinski definition) is 11. The molecule has 5 N–H and O–H groups in total. The van der Waals surface area contributed by atoms with Crippen LogP contribution >= 0.6 is 0 Å². The van der Waals surface area contributed by atoms with Crippen LogP contribution in [0.3, 0.4) is 0 Å². The predicted octanol–water partition coefficient (Wildman–Crippen LogP) is 1.73. The number of esters is 1. The minimum atomic E-state index is -0.842. The number of carbonyl (C=O) groups is 3. The van der Waals surface area contributed by atoms with Crippen LogP contribution in [0, 0.1) is 10.1 Å². The molecular formula is C24H25N5O10. The van der Waals surface area contributed by atoms with Crippen LogP contribution in [0.5, 0.6) is 23.0 Å². The van der Waals surface area contributed by atoms with E-state index in [0.717, 1.165) is 18.3 Å². The van der Waals surface area contributed by atoms with Crippen LogP contribution in [0.2, 0.25) is 0 Å². The van der Waals surface area contributed by atoms with E-state index in [1.807, 2.05) is 0 Å². The molecule has 1 aliphatic heterocycles. The molecule has 15 nitrogen and oxygen atoms in total. The smallest absolute Gasteiger partial charge is 0.338 e. The second kappa shape index (κ2) is 12.3. The lowest BCUT2D eigenvalue weighted by Crippen LogP contribution is -2.45. The van der Waals surface area contributed by atoms with E-state index in [9.17, 15) is 34.7 Å². The van der Waals surface area contributed by atoms with Gasteiger partial charge in [0.25, 0.3) is 5.91 Å². The number of allylic oxidation sites excluding steroid dienone is 1. The van der Waals surface area contributed by atoms with Gasteiger partial charge in [0.15, 0.2) is 23.9 Å². The minimum Gasteiger partial charge on any atom is -0.507 e. The maximum Gasteiger partial charge on any atom is 0.338 e. The fraction of sp³-hybridized carbons (Fsp3) is 0.250. The van der Waals surface area contributed by atoms with Gasteiger partial charge in [-0.1, -0.05) is 6.07 Å². The Morgan fingerprint density at radius 3 is 2.62 bits per heavy atom. The van der Waals surface area contributed by atoms with E-state index in [2.05, 4.69) is 21.2 Å². The van der Waals surface area contributed by atoms with Crippen LogP contribution in [0.25, 0.3) is 0 Å². The number of nitro groups is 1. The summed E-state index contributed by atoms with van der Waals surface area (Å²) in [7, 11) is 1.37. The Hall–Kier alpha value is -5.34. The number of hydrazone groups is 1. The summed E-state index contributed by atoms with van der Waals surface area (Å²) in [5.41, 5.74) is 2.43. The fourth-order valence-electron chi connectivity index (χ4n) is 3.59. The quantitative estimate of drug-likeness (QED) is 0.127. The van der Waals surface area contributed by atoms with Crippen molar-refractivity contribution in [3.63, 3.8) is 0 Å². The number of nitrogens with one attached hydrogen (secondary N) is 3. The topological polar surface area (TPSA) is 211 Å². The van der Waals surface area contributed by atoms with Crippen molar-refractivity contribution in [1.29, 1.82) is 0 Å². The van der Waals surface area contributed by atoms with Gasteiger partial charge in [-0.15, -0.1) is 0 Å². The van der Waals surface area contributed by atoms with Gasteiger partial charge in [-0.05, 0) is 31.5 Å². The van der Waals surface area contributed by atoms with Gasteiger partial charge in [-0.3, -0.25) is 14.9 Å². The molecule has 0 fully saturated rings. The van der Waals surface area contributed by atoms with E-state index in [1.54, 1.807) is 19.9 Å². The first kappa shape index (κ1) is 28.2. The standard InChI is InChI=1S/C24H25N5O10/c1-4-38-23(33)21-12(2)26-24(34)27-22(21)13-5-6-18(19(8-13)37-3)39-11-20(32)28-25-10-14-7-15(29(35)36)17(31)9-16(14)30/h5-10,22,30-31H,4,11H2,1-3H3,(H,28,32)(H2,26,27,34)/b25-10-/t22-/m0/s1. The average Bonchev–Trinajstić information content (AvgIpc) is 2.88. The number of aromatic hydroxyl groups is 2. The molecule has 0 unspecified atom stereocenters. The molecule has 206 valence electrons. The molecule has 0 radical (unpaired) electrons. The summed E-state index contributed by atoms with van der Waals surface area (Å²) < 4.78 is 16.0. The molecule has 0 saturated heterocycles. The van der Waals surface area contributed by atoms with Crippen molar-refractivity contribution in [2.75, 3.05) is 20.3 Å². The number of phenols is 2. The van der Waals surface area contributed by atoms with Crippen LogP contribution in [0.4, 0.5) is 10.5 Å². The number of phenolic OH excluding ortho intramolecular Hbond substituents is 2. The second-order valence-corrected chi connectivity index (χ2v) is 7.94. The summed E-state index contributed by atoms with van der Waals surface area (Å²) >= 11 is 0. The van der Waals surface area contributed by atoms with Crippen molar-refractivity contribution >= 4 is 29.8 Å². The summed E-state index contributed by atoms with van der Waals surface area (Å²) in [4.78, 5) is 46.8. The van der Waals surface area contributed by atoms with Crippen molar-refractivity contribution in [2.45, 2.75) is 19.9 Å². The number of methoxy groups -OCH3 is 1. The van der Waals surface area contributed by atoms with Gasteiger partial charge >= 0.3 is 17.7 Å². The molecule has 2 aromatic rings. The zero-order chi connectivity index (χ0) is 28.7. The van der Waals surface area contributed by atoms with Gasteiger partial charge < -0.3 is 35.1 Å². The number of nitrogens with zero attached hydrogens (tertiary/aromatic N) is 2. The van der Waals surface area contributed by atoms with Crippen LogP contribution in [-0.4, -0.2) is 59.6 Å². The number of carbonyl (C=O) groups excluding carboxylic acids is 3. The van der Waals surface area contributed by atoms with Crippen molar-refractivity contribution in [3.05, 3.63) is 62.8 Å². The minimum absolute atomic E-state index is 0.116. The molecule has 3 rings (SSSR count). The molecule has 0 bridgehead atoms. The van der Waals surface area contributed by atoms with E-state index < -0.39 is 52.7 Å². The number of urea groups is 1. The first-order valence-electron chi connectivity index (χ1n) is 11.3. The van der Waals surface area contributed by atoms with Gasteiger partial charge in [-0.2, -0.15) is 5.10 Å². The summed E-state index contributed by atoms with van der Waals surface area (Å²) in [6.07, 6.45) is 0.957. The Morgan fingerprint density at radius 2 is 1.95 bits per heavy atom. The second-order valence-electron chi connectivity index (χ2n) is 7.94. The maximum atomic E-state index is 12.5. The number of benzene rings is 2. The molecule has 1 heterocycles. The third-order valence-corrected chi connectivity index (χ3v) is 5.36. The summed E-state index contributed by atoms with van der Waals surface area (Å²) in [5.74, 6) is -2.14. The highest BCUT2D eigenvalue weighted by Gasteiger charge is 2.32. The lowest BCUT2D eigenvalue weighted by molar-refractivity contribution is -0.385. The lowest BCUT2D eigenvalue weighted by Gasteiger charge is -2.28. The number of rotatable bonds is 10. The largest absolute Gasteiger partial charge is 0.507 e. The normalized spacial score (nSPS) is 14.8. The van der Waals surface area contributed by atoms with Gasteiger partial charge in [0, 0.05) is 23.4 Å². The Labute approximate surface area is 221 Å². The number of ether oxygens (including phenoxy) is 3. The third-order valence-electron chi connectivity index (χ3n) is 5.36. The Bertz CT molecular complexity index is 1370. The predicted molar refractivity (Wildman–Crippen MR) is 134 cm³/mol. The molecule has 2 aromatic carbocycles. The Balaban J connectivity index is 1.70. The highest BCUT2D eigenvalue weighted by molar-refractivity contribution is 5.95. The van der Waals surface area contributed by atoms with E-state index in [4.69, 9.17) is 14.2 Å². The maximum absolute atomic E-state index is 12.5. The van der Waals surface area contributed by atoms with E-state index in [1.165, 1.54) is 19.2 Å². The van der Waals surface area contributed by atoms with Crippen LogP contribution in [0.1, 0.15) is 31.0 Å². The van der Waals surface area contributed by atoms with Crippen LogP contribution in [0.15, 0.2) is 46.7 Å². The molecule has 39 heavy (non-hydrogen) atoms. The van der Waals surface area contributed by atoms with Crippen LogP contribution in [-0.2, 0) is 14.3 Å². The number of amides is 3. The zero-order valence-electron chi connectivity index (χ0n) is 21.0. The fourth-order valence-corrected chi connectivity index (χ4v) is 3.59. The van der Waals surface area contributed by atoms with Crippen molar-refractivity contribution in [2.24, 2.45) is 5.10 Å². The molecule has 0 spiro atoms. The summed E-state index contributed by atoms with van der Waals surface area (Å²) in [6, 6.07) is 4.94. The zero-order valence-corrected chi connectivity index (χ0v) is 21.0. The Morgan fingerprint density at radius 1 is 1.21 bits per heavy atom. The number of hydrogen-bond donors (Lipinski definition) is 5. The molecule has 0 saturated carbocycles. The highest BCUT2D eigenvalue weighted by atomic mass is 16.6. The van der Waals surface area contributed by atoms with Crippen molar-refractivity contribution < 1.29 is 43.7 Å². The van der Waals surface area contributed by atoms with E-state index in [-0.39, 0.29) is 29.2 Å². The summed E-state index contributed by atoms with van der Waals surface area (Å²) in [6.45, 7) is 2.88. The first-order valence-corrected chi connectivity index (χ1v) is 11.3. The first-order chi connectivity index (χ1) is 18.5. The molecule has 1 aliphatic rings. The van der Waals surface area contributed by atoms with Crippen molar-refractivity contribution in [1.82, 2.24) is 16.1 Å². The molecular weight excluding hydrogens is 518 g/mol. The SMILES string of the molecule is CCOC(=O)C1=C(C)NC(=O)N[C@H]1c1ccc(OCC(=O)N/N=C\c2cc([N+](=O)[O-])c(O)cc2O)c(OC)c1. The van der Waals surface area contributed by atoms with Gasteiger partial charge in [0.05, 0.1) is 36.5 Å². The average molecular weight is 543 g/mol. The van der Waals surface area contributed by atoms with Gasteiger partial charge in [0.1, 0.15) is 5.75 Å².